The minimum Gasteiger partial charge on any atom is -0.457 e. The summed E-state index contributed by atoms with van der Waals surface area (Å²) in [5, 5.41) is 20.6. The van der Waals surface area contributed by atoms with Crippen molar-refractivity contribution in [2.24, 2.45) is 0 Å². The highest BCUT2D eigenvalue weighted by atomic mass is 35.5. The molecule has 146 valence electrons. The Kier molecular flexibility index (Phi) is 5.43. The summed E-state index contributed by atoms with van der Waals surface area (Å²) in [4.78, 5) is 10.6. The molecule has 5 nitrogen and oxygen atoms in total. The van der Waals surface area contributed by atoms with Crippen molar-refractivity contribution < 1.29 is 22.8 Å². The topological polar surface area (TPSA) is 76.2 Å². The van der Waals surface area contributed by atoms with E-state index in [9.17, 15) is 28.5 Å². The number of rotatable bonds is 4. The molecular weight excluding hydrogens is 409 g/mol. The number of hydrogen-bond acceptors (Lipinski definition) is 4. The Morgan fingerprint density at radius 3 is 2.31 bits per heavy atom. The van der Waals surface area contributed by atoms with Gasteiger partial charge in [0.15, 0.2) is 0 Å². The monoisotopic (exact) mass is 418 g/mol. The molecule has 3 rings (SSSR count). The smallest absolute Gasteiger partial charge is 0.416 e. The first-order valence-corrected chi connectivity index (χ1v) is 8.41. The molecule has 0 saturated heterocycles. The normalized spacial score (nSPS) is 11.0. The van der Waals surface area contributed by atoms with Gasteiger partial charge in [-0.3, -0.25) is 10.1 Å². The first-order chi connectivity index (χ1) is 13.7. The van der Waals surface area contributed by atoms with Crippen molar-refractivity contribution in [2.45, 2.75) is 6.18 Å². The second kappa shape index (κ2) is 7.81. The van der Waals surface area contributed by atoms with Gasteiger partial charge < -0.3 is 4.74 Å². The molecule has 0 radical (unpaired) electrons. The SMILES string of the molecule is N#Cc1c([N+](=O)[O-])ccc(Oc2ccccc2)c1-c1ccc(C(F)(F)F)cc1Cl. The van der Waals surface area contributed by atoms with Crippen molar-refractivity contribution in [3.63, 3.8) is 0 Å². The number of para-hydroxylation sites is 1. The van der Waals surface area contributed by atoms with Gasteiger partial charge in [0.25, 0.3) is 5.69 Å². The first kappa shape index (κ1) is 20.2. The Morgan fingerprint density at radius 2 is 1.76 bits per heavy atom. The van der Waals surface area contributed by atoms with Crippen LogP contribution >= 0.6 is 11.6 Å². The molecule has 0 aliphatic carbocycles. The maximum atomic E-state index is 13.0. The Labute approximate surface area is 167 Å². The summed E-state index contributed by atoms with van der Waals surface area (Å²) in [7, 11) is 0. The average molecular weight is 419 g/mol. The minimum absolute atomic E-state index is 0.00541. The number of alkyl halides is 3. The Balaban J connectivity index is 2.26. The molecule has 0 fully saturated rings. The van der Waals surface area contributed by atoms with Crippen LogP contribution in [0.4, 0.5) is 18.9 Å². The molecule has 0 N–H and O–H groups in total. The molecule has 0 atom stereocenters. The Morgan fingerprint density at radius 1 is 1.07 bits per heavy atom. The van der Waals surface area contributed by atoms with Gasteiger partial charge >= 0.3 is 6.18 Å². The fourth-order valence-corrected chi connectivity index (χ4v) is 2.98. The maximum absolute atomic E-state index is 13.0. The second-order valence-corrected chi connectivity index (χ2v) is 6.22. The van der Waals surface area contributed by atoms with Crippen molar-refractivity contribution in [1.82, 2.24) is 0 Å². The molecule has 3 aromatic rings. The van der Waals surface area contributed by atoms with E-state index in [2.05, 4.69) is 0 Å². The molecule has 0 bridgehead atoms. The predicted octanol–water partition coefficient (Wildman–Crippen LogP) is 6.60. The third-order valence-corrected chi connectivity index (χ3v) is 4.30. The lowest BCUT2D eigenvalue weighted by Crippen LogP contribution is -2.05. The molecule has 0 amide bonds. The van der Waals surface area contributed by atoms with Crippen LogP contribution in [0.3, 0.4) is 0 Å². The van der Waals surface area contributed by atoms with E-state index in [0.717, 1.165) is 18.2 Å². The van der Waals surface area contributed by atoms with Crippen molar-refractivity contribution in [3.8, 4) is 28.7 Å². The molecule has 0 spiro atoms. The third kappa shape index (κ3) is 4.15. The van der Waals surface area contributed by atoms with Gasteiger partial charge in [0.2, 0.25) is 0 Å². The van der Waals surface area contributed by atoms with Crippen molar-refractivity contribution in [2.75, 3.05) is 0 Å². The van der Waals surface area contributed by atoms with Gasteiger partial charge in [-0.1, -0.05) is 35.9 Å². The van der Waals surface area contributed by atoms with Crippen molar-refractivity contribution in [3.05, 3.63) is 86.9 Å². The van der Waals surface area contributed by atoms with E-state index in [4.69, 9.17) is 16.3 Å². The summed E-state index contributed by atoms with van der Waals surface area (Å²) in [6.45, 7) is 0. The van der Waals surface area contributed by atoms with Crippen LogP contribution in [0.2, 0.25) is 5.02 Å². The number of nitro benzene ring substituents is 1. The van der Waals surface area contributed by atoms with E-state index in [0.29, 0.717) is 11.8 Å². The highest BCUT2D eigenvalue weighted by Crippen LogP contribution is 2.44. The fraction of sp³-hybridized carbons (Fsp3) is 0.0500. The van der Waals surface area contributed by atoms with Crippen LogP contribution in [0.15, 0.2) is 60.7 Å². The Bertz CT molecular complexity index is 1130. The van der Waals surface area contributed by atoms with Gasteiger partial charge in [0, 0.05) is 16.7 Å². The molecule has 0 saturated carbocycles. The highest BCUT2D eigenvalue weighted by molar-refractivity contribution is 6.33. The number of nitrogens with zero attached hydrogens (tertiary/aromatic N) is 2. The lowest BCUT2D eigenvalue weighted by Gasteiger charge is -2.15. The van der Waals surface area contributed by atoms with Gasteiger partial charge in [-0.25, -0.2) is 0 Å². The van der Waals surface area contributed by atoms with E-state index in [-0.39, 0.29) is 27.5 Å². The van der Waals surface area contributed by atoms with Gasteiger partial charge in [-0.05, 0) is 30.3 Å². The number of halogens is 4. The van der Waals surface area contributed by atoms with Gasteiger partial charge in [-0.2, -0.15) is 18.4 Å². The summed E-state index contributed by atoms with van der Waals surface area (Å²) >= 11 is 6.07. The van der Waals surface area contributed by atoms with Crippen LogP contribution < -0.4 is 4.74 Å². The largest absolute Gasteiger partial charge is 0.457 e. The number of nitriles is 1. The van der Waals surface area contributed by atoms with Crippen molar-refractivity contribution >= 4 is 17.3 Å². The molecule has 0 aromatic heterocycles. The van der Waals surface area contributed by atoms with E-state index >= 15 is 0 Å². The standard InChI is InChI=1S/C20H10ClF3N2O3/c21-16-10-12(20(22,23)24)6-7-14(16)19-15(11-25)17(26(27)28)8-9-18(19)29-13-4-2-1-3-5-13/h1-10H. The lowest BCUT2D eigenvalue weighted by atomic mass is 9.96. The van der Waals surface area contributed by atoms with Gasteiger partial charge in [-0.15, -0.1) is 0 Å². The highest BCUT2D eigenvalue weighted by Gasteiger charge is 2.32. The zero-order chi connectivity index (χ0) is 21.2. The molecule has 0 heterocycles. The molecular formula is C20H10ClF3N2O3. The summed E-state index contributed by atoms with van der Waals surface area (Å²) < 4.78 is 44.6. The van der Waals surface area contributed by atoms with E-state index < -0.39 is 22.4 Å². The molecule has 9 heteroatoms. The van der Waals surface area contributed by atoms with Crippen LogP contribution in [0.25, 0.3) is 11.1 Å². The molecule has 0 aliphatic heterocycles. The molecule has 3 aromatic carbocycles. The molecule has 29 heavy (non-hydrogen) atoms. The van der Waals surface area contributed by atoms with Crippen molar-refractivity contribution in [1.29, 1.82) is 5.26 Å². The van der Waals surface area contributed by atoms with Gasteiger partial charge in [0.05, 0.1) is 16.1 Å². The summed E-state index contributed by atoms with van der Waals surface area (Å²) in [5.41, 5.74) is -1.93. The zero-order valence-electron chi connectivity index (χ0n) is 14.4. The van der Waals surface area contributed by atoms with E-state index in [1.165, 1.54) is 6.07 Å². The number of nitro groups is 1. The summed E-state index contributed by atoms with van der Waals surface area (Å²) in [5.74, 6) is 0.412. The molecule has 0 aliphatic rings. The van der Waals surface area contributed by atoms with E-state index in [1.54, 1.807) is 36.4 Å². The predicted molar refractivity (Wildman–Crippen MR) is 99.8 cm³/mol. The van der Waals surface area contributed by atoms with Crippen LogP contribution in [-0.2, 0) is 6.18 Å². The second-order valence-electron chi connectivity index (χ2n) is 5.81. The Hall–Kier alpha value is -3.57. The fourth-order valence-electron chi connectivity index (χ4n) is 2.70. The molecule has 0 unspecified atom stereocenters. The minimum atomic E-state index is -4.62. The number of benzene rings is 3. The lowest BCUT2D eigenvalue weighted by molar-refractivity contribution is -0.385. The van der Waals surface area contributed by atoms with Crippen LogP contribution in [0.5, 0.6) is 11.5 Å². The van der Waals surface area contributed by atoms with E-state index in [1.807, 2.05) is 0 Å². The van der Waals surface area contributed by atoms with Crippen LogP contribution in [-0.4, -0.2) is 4.92 Å². The summed E-state index contributed by atoms with van der Waals surface area (Å²) in [6.07, 6.45) is -4.62. The number of hydrogen-bond donors (Lipinski definition) is 0. The first-order valence-electron chi connectivity index (χ1n) is 8.04. The van der Waals surface area contributed by atoms with Crippen LogP contribution in [0, 0.1) is 21.4 Å². The third-order valence-electron chi connectivity index (χ3n) is 3.99. The zero-order valence-corrected chi connectivity index (χ0v) is 15.2. The quantitative estimate of drug-likeness (QED) is 0.353. The van der Waals surface area contributed by atoms with Gasteiger partial charge in [0.1, 0.15) is 23.1 Å². The maximum Gasteiger partial charge on any atom is 0.416 e. The number of ether oxygens (including phenoxy) is 1. The summed E-state index contributed by atoms with van der Waals surface area (Å²) in [6, 6.07) is 15.0. The average Bonchev–Trinajstić information content (AvgIpc) is 2.67. The van der Waals surface area contributed by atoms with Crippen LogP contribution in [0.1, 0.15) is 11.1 Å².